The van der Waals surface area contributed by atoms with Crippen LogP contribution < -0.4 is 5.32 Å². The zero-order valence-corrected chi connectivity index (χ0v) is 20.0. The van der Waals surface area contributed by atoms with Crippen LogP contribution in [0.2, 0.25) is 0 Å². The van der Waals surface area contributed by atoms with Crippen LogP contribution in [0.4, 0.5) is 5.69 Å². The largest absolute Gasteiger partial charge is 0.356 e. The third-order valence-corrected chi connectivity index (χ3v) is 9.32. The van der Waals surface area contributed by atoms with Gasteiger partial charge >= 0.3 is 0 Å². The van der Waals surface area contributed by atoms with Crippen molar-refractivity contribution in [3.63, 3.8) is 0 Å². The molecule has 0 bridgehead atoms. The van der Waals surface area contributed by atoms with Gasteiger partial charge in [-0.1, -0.05) is 12.1 Å². The van der Waals surface area contributed by atoms with Crippen molar-refractivity contribution in [2.75, 3.05) is 54.5 Å². The predicted molar refractivity (Wildman–Crippen MR) is 129 cm³/mol. The molecule has 1 aromatic carbocycles. The highest BCUT2D eigenvalue weighted by atomic mass is 32.2. The second-order valence-electron chi connectivity index (χ2n) is 7.76. The van der Waals surface area contributed by atoms with Crippen LogP contribution in [0.5, 0.6) is 0 Å². The van der Waals surface area contributed by atoms with Gasteiger partial charge in [-0.05, 0) is 30.2 Å². The van der Waals surface area contributed by atoms with Gasteiger partial charge in [0, 0.05) is 67.6 Å². The van der Waals surface area contributed by atoms with E-state index in [1.54, 1.807) is 11.8 Å². The van der Waals surface area contributed by atoms with Crippen LogP contribution in [-0.2, 0) is 16.6 Å². The van der Waals surface area contributed by atoms with E-state index in [2.05, 4.69) is 21.3 Å². The Hall–Kier alpha value is -1.46. The molecule has 0 saturated carbocycles. The van der Waals surface area contributed by atoms with Gasteiger partial charge in [0.25, 0.3) is 5.91 Å². The Morgan fingerprint density at radius 1 is 1.06 bits per heavy atom. The lowest BCUT2D eigenvalue weighted by atomic mass is 10.1. The second-order valence-corrected chi connectivity index (χ2v) is 12.1. The lowest BCUT2D eigenvalue weighted by Crippen LogP contribution is -2.37. The van der Waals surface area contributed by atoms with Crippen molar-refractivity contribution in [1.29, 1.82) is 0 Å². The average Bonchev–Trinajstić information content (AvgIpc) is 3.28. The minimum atomic E-state index is -3.57. The van der Waals surface area contributed by atoms with Crippen molar-refractivity contribution in [3.05, 3.63) is 47.3 Å². The van der Waals surface area contributed by atoms with E-state index in [1.807, 2.05) is 30.8 Å². The second kappa shape index (κ2) is 9.99. The Morgan fingerprint density at radius 3 is 2.42 bits per heavy atom. The number of amides is 1. The number of carbonyl (C=O) groups is 1. The highest BCUT2D eigenvalue weighted by Crippen LogP contribution is 2.23. The Bertz CT molecular complexity index is 1030. The molecule has 2 N–H and O–H groups in total. The molecule has 2 fully saturated rings. The van der Waals surface area contributed by atoms with Gasteiger partial charge in [0.05, 0.1) is 0 Å². The highest BCUT2D eigenvalue weighted by Gasteiger charge is 2.28. The maximum Gasteiger partial charge on any atom is 0.272 e. The quantitative estimate of drug-likeness (QED) is 0.661. The maximum absolute atomic E-state index is 12.8. The number of nitrogens with zero attached hydrogens (tertiary/aromatic N) is 2. The number of hydrogen-bond donors (Lipinski definition) is 2. The fourth-order valence-corrected chi connectivity index (χ4v) is 7.31. The molecule has 168 valence electrons. The van der Waals surface area contributed by atoms with Crippen molar-refractivity contribution in [3.8, 4) is 0 Å². The molecule has 0 radical (unpaired) electrons. The van der Waals surface area contributed by atoms with E-state index in [1.165, 1.54) is 33.6 Å². The molecule has 10 heteroatoms. The molecule has 2 aromatic rings. The lowest BCUT2D eigenvalue weighted by Gasteiger charge is -2.26. The maximum atomic E-state index is 12.8. The summed E-state index contributed by atoms with van der Waals surface area (Å²) in [4.78, 5) is 18.1. The Morgan fingerprint density at radius 2 is 1.74 bits per heavy atom. The van der Waals surface area contributed by atoms with E-state index in [9.17, 15) is 13.2 Å². The summed E-state index contributed by atoms with van der Waals surface area (Å²) >= 11 is 3.75. The molecule has 1 aromatic heterocycles. The number of aromatic nitrogens is 1. The van der Waals surface area contributed by atoms with Crippen molar-refractivity contribution < 1.29 is 13.2 Å². The number of thioether (sulfide) groups is 2. The Labute approximate surface area is 192 Å². The van der Waals surface area contributed by atoms with Crippen LogP contribution in [-0.4, -0.2) is 77.7 Å². The molecular weight excluding hydrogens is 452 g/mol. The molecule has 2 aliphatic rings. The van der Waals surface area contributed by atoms with Gasteiger partial charge < -0.3 is 10.3 Å². The first-order valence-corrected chi connectivity index (χ1v) is 14.2. The molecule has 31 heavy (non-hydrogen) atoms. The summed E-state index contributed by atoms with van der Waals surface area (Å²) in [5, 5.41) is 2.90. The Balaban J connectivity index is 1.41. The zero-order valence-electron chi connectivity index (χ0n) is 17.6. The van der Waals surface area contributed by atoms with Gasteiger partial charge in [-0.25, -0.2) is 8.42 Å². The molecule has 0 atom stereocenters. The van der Waals surface area contributed by atoms with E-state index in [0.29, 0.717) is 13.1 Å². The van der Waals surface area contributed by atoms with Gasteiger partial charge in [-0.2, -0.15) is 27.8 Å². The number of aromatic amines is 1. The average molecular weight is 481 g/mol. The van der Waals surface area contributed by atoms with E-state index in [4.69, 9.17) is 0 Å². The number of rotatable bonds is 6. The number of carbonyl (C=O) groups excluding carboxylic acids is 1. The monoisotopic (exact) mass is 480 g/mol. The molecule has 3 heterocycles. The fraction of sp³-hybridized carbons (Fsp3) is 0.476. The smallest absolute Gasteiger partial charge is 0.272 e. The number of aryl methyl sites for hydroxylation is 1. The number of sulfonamides is 1. The Kier molecular flexibility index (Phi) is 7.33. The van der Waals surface area contributed by atoms with Gasteiger partial charge in [0.15, 0.2) is 0 Å². The number of nitrogens with one attached hydrogen (secondary N) is 2. The fourth-order valence-electron chi connectivity index (χ4n) is 3.76. The predicted octanol–water partition coefficient (Wildman–Crippen LogP) is 2.86. The number of H-pyrrole nitrogens is 1. The normalized spacial score (nSPS) is 18.7. The molecule has 0 unspecified atom stereocenters. The van der Waals surface area contributed by atoms with Crippen LogP contribution in [0.25, 0.3) is 0 Å². The molecule has 0 spiro atoms. The van der Waals surface area contributed by atoms with E-state index >= 15 is 0 Å². The highest BCUT2D eigenvalue weighted by molar-refractivity contribution is 7.99. The standard InChI is InChI=1S/C21H28N4O3S3/c1-16-12-17(15-24-4-8-29-9-5-24)2-3-19(16)23-21(26)20-13-18(14-22-20)31(27,28)25-6-10-30-11-7-25/h2-3,12-14,22H,4-11,15H2,1H3,(H,23,26). The van der Waals surface area contributed by atoms with Crippen molar-refractivity contribution >= 4 is 45.1 Å². The summed E-state index contributed by atoms with van der Waals surface area (Å²) in [6, 6.07) is 7.50. The summed E-state index contributed by atoms with van der Waals surface area (Å²) in [6.07, 6.45) is 1.40. The van der Waals surface area contributed by atoms with E-state index in [0.717, 1.165) is 42.4 Å². The summed E-state index contributed by atoms with van der Waals surface area (Å²) in [5.41, 5.74) is 3.19. The van der Waals surface area contributed by atoms with Crippen molar-refractivity contribution in [2.45, 2.75) is 18.4 Å². The van der Waals surface area contributed by atoms with Crippen LogP contribution in [0.1, 0.15) is 21.6 Å². The van der Waals surface area contributed by atoms with Crippen LogP contribution in [0.15, 0.2) is 35.4 Å². The third-order valence-electron chi connectivity index (χ3n) is 5.56. The van der Waals surface area contributed by atoms with Crippen molar-refractivity contribution in [1.82, 2.24) is 14.2 Å². The van der Waals surface area contributed by atoms with Gasteiger partial charge in [-0.3, -0.25) is 9.69 Å². The van der Waals surface area contributed by atoms with Crippen LogP contribution in [0, 0.1) is 6.92 Å². The summed E-state index contributed by atoms with van der Waals surface area (Å²) in [6.45, 7) is 6.11. The first kappa shape index (κ1) is 22.7. The first-order valence-electron chi connectivity index (χ1n) is 10.4. The number of benzene rings is 1. The summed E-state index contributed by atoms with van der Waals surface area (Å²) in [5.74, 6) is 3.60. The van der Waals surface area contributed by atoms with Crippen LogP contribution >= 0.6 is 23.5 Å². The van der Waals surface area contributed by atoms with Gasteiger partial charge in [0.1, 0.15) is 10.6 Å². The SMILES string of the molecule is Cc1cc(CN2CCSCC2)ccc1NC(=O)c1cc(S(=O)(=O)N2CCSCC2)c[nH]1. The number of anilines is 1. The zero-order chi connectivity index (χ0) is 21.8. The topological polar surface area (TPSA) is 85.5 Å². The minimum absolute atomic E-state index is 0.135. The van der Waals surface area contributed by atoms with Gasteiger partial charge in [0.2, 0.25) is 10.0 Å². The molecule has 0 aliphatic carbocycles. The van der Waals surface area contributed by atoms with E-state index in [-0.39, 0.29) is 16.5 Å². The van der Waals surface area contributed by atoms with Gasteiger partial charge in [-0.15, -0.1) is 0 Å². The van der Waals surface area contributed by atoms with Crippen LogP contribution in [0.3, 0.4) is 0 Å². The molecular formula is C21H28N4O3S3. The van der Waals surface area contributed by atoms with Crippen molar-refractivity contribution in [2.24, 2.45) is 0 Å². The third kappa shape index (κ3) is 5.48. The summed E-state index contributed by atoms with van der Waals surface area (Å²) in [7, 11) is -3.57. The molecule has 1 amide bonds. The first-order chi connectivity index (χ1) is 14.9. The lowest BCUT2D eigenvalue weighted by molar-refractivity contribution is 0.102. The molecule has 2 aliphatic heterocycles. The molecule has 2 saturated heterocycles. The molecule has 4 rings (SSSR count). The molecule has 7 nitrogen and oxygen atoms in total. The minimum Gasteiger partial charge on any atom is -0.356 e. The summed E-state index contributed by atoms with van der Waals surface area (Å²) < 4.78 is 27.1. The number of hydrogen-bond acceptors (Lipinski definition) is 6. The van der Waals surface area contributed by atoms with E-state index < -0.39 is 10.0 Å².